The quantitative estimate of drug-likeness (QED) is 0.747. The van der Waals surface area contributed by atoms with Crippen LogP contribution in [0.4, 0.5) is 0 Å². The molecule has 0 aromatic rings. The Kier molecular flexibility index (Phi) is 3.36. The fraction of sp³-hybridized carbons (Fsp3) is 0.769. The zero-order valence-electron chi connectivity index (χ0n) is 11.5. The van der Waals surface area contributed by atoms with Crippen LogP contribution in [0.1, 0.15) is 27.2 Å². The molecule has 1 heterocycles. The van der Waals surface area contributed by atoms with Gasteiger partial charge in [0.2, 0.25) is 11.6 Å². The first-order valence-electron chi connectivity index (χ1n) is 6.02. The third-order valence-electron chi connectivity index (χ3n) is 3.91. The molecule has 2 aliphatic rings. The van der Waals surface area contributed by atoms with E-state index in [1.54, 1.807) is 27.0 Å². The van der Waals surface area contributed by atoms with Gasteiger partial charge in [-0.25, -0.2) is 0 Å². The predicted molar refractivity (Wildman–Crippen MR) is 64.0 cm³/mol. The van der Waals surface area contributed by atoms with E-state index >= 15 is 0 Å². The minimum Gasteiger partial charge on any atom is -0.349 e. The molecule has 0 bridgehead atoms. The van der Waals surface area contributed by atoms with Gasteiger partial charge in [-0.15, -0.1) is 0 Å². The Morgan fingerprint density at radius 2 is 1.78 bits per heavy atom. The smallest absolute Gasteiger partial charge is 0.220 e. The average Bonchev–Trinajstić information content (AvgIpc) is 2.32. The van der Waals surface area contributed by atoms with Crippen molar-refractivity contribution in [2.24, 2.45) is 0 Å². The summed E-state index contributed by atoms with van der Waals surface area (Å²) < 4.78 is 22.8. The molecule has 1 saturated heterocycles. The lowest BCUT2D eigenvalue weighted by atomic mass is 9.90. The fourth-order valence-electron chi connectivity index (χ4n) is 2.48. The van der Waals surface area contributed by atoms with Crippen LogP contribution in [0.2, 0.25) is 0 Å². The summed E-state index contributed by atoms with van der Waals surface area (Å²) in [6.07, 6.45) is 1.32. The molecule has 18 heavy (non-hydrogen) atoms. The van der Waals surface area contributed by atoms with Crippen molar-refractivity contribution in [3.05, 3.63) is 11.6 Å². The van der Waals surface area contributed by atoms with Crippen molar-refractivity contribution in [2.45, 2.75) is 51.0 Å². The predicted octanol–water partition coefficient (Wildman–Crippen LogP) is 1.41. The number of rotatable bonds is 2. The van der Waals surface area contributed by atoms with Gasteiger partial charge in [-0.1, -0.05) is 0 Å². The maximum absolute atomic E-state index is 11.6. The highest BCUT2D eigenvalue weighted by Gasteiger charge is 2.57. The number of ketones is 1. The van der Waals surface area contributed by atoms with Crippen LogP contribution >= 0.6 is 0 Å². The second-order valence-electron chi connectivity index (χ2n) is 5.05. The van der Waals surface area contributed by atoms with Crippen molar-refractivity contribution >= 4 is 5.78 Å². The second kappa shape index (κ2) is 4.42. The van der Waals surface area contributed by atoms with Gasteiger partial charge in [-0.2, -0.15) is 0 Å². The number of carbonyl (C=O) groups excluding carboxylic acids is 1. The molecule has 1 aliphatic heterocycles. The number of methoxy groups -OCH3 is 2. The van der Waals surface area contributed by atoms with Gasteiger partial charge in [-0.3, -0.25) is 4.79 Å². The van der Waals surface area contributed by atoms with Gasteiger partial charge in [0.05, 0.1) is 6.10 Å². The minimum atomic E-state index is -1.04. The van der Waals surface area contributed by atoms with Crippen LogP contribution in [-0.2, 0) is 23.7 Å². The van der Waals surface area contributed by atoms with Crippen LogP contribution in [0.15, 0.2) is 11.6 Å². The number of carbonyl (C=O) groups is 1. The zero-order chi connectivity index (χ0) is 13.6. The van der Waals surface area contributed by atoms with E-state index in [9.17, 15) is 4.79 Å². The molecule has 102 valence electrons. The molecule has 5 heteroatoms. The third-order valence-corrected chi connectivity index (χ3v) is 3.91. The van der Waals surface area contributed by atoms with Gasteiger partial charge >= 0.3 is 0 Å². The second-order valence-corrected chi connectivity index (χ2v) is 5.05. The van der Waals surface area contributed by atoms with Crippen molar-refractivity contribution in [3.8, 4) is 0 Å². The molecule has 0 unspecified atom stereocenters. The molecule has 0 radical (unpaired) electrons. The first-order chi connectivity index (χ1) is 8.35. The lowest BCUT2D eigenvalue weighted by Gasteiger charge is -2.52. The van der Waals surface area contributed by atoms with E-state index < -0.39 is 11.6 Å². The summed E-state index contributed by atoms with van der Waals surface area (Å²) in [6.45, 7) is 5.39. The van der Waals surface area contributed by atoms with E-state index in [4.69, 9.17) is 18.9 Å². The highest BCUT2D eigenvalue weighted by atomic mass is 16.8. The molecule has 0 aromatic carbocycles. The van der Waals surface area contributed by atoms with Crippen LogP contribution in [-0.4, -0.2) is 43.8 Å². The van der Waals surface area contributed by atoms with E-state index in [1.165, 1.54) is 7.11 Å². The van der Waals surface area contributed by atoms with Crippen molar-refractivity contribution in [1.82, 2.24) is 0 Å². The summed E-state index contributed by atoms with van der Waals surface area (Å²) in [6, 6.07) is 0. The summed E-state index contributed by atoms with van der Waals surface area (Å²) in [5.74, 6) is -2.00. The molecule has 0 amide bonds. The maximum Gasteiger partial charge on any atom is 0.220 e. The number of hydrogen-bond donors (Lipinski definition) is 0. The molecule has 1 aliphatic carbocycles. The van der Waals surface area contributed by atoms with Gasteiger partial charge in [-0.05, 0) is 32.4 Å². The molecule has 0 saturated carbocycles. The number of allylic oxidation sites excluding steroid dienone is 1. The van der Waals surface area contributed by atoms with Crippen LogP contribution < -0.4 is 0 Å². The lowest BCUT2D eigenvalue weighted by molar-refractivity contribution is -0.443. The van der Waals surface area contributed by atoms with Gasteiger partial charge in [0, 0.05) is 20.6 Å². The van der Waals surface area contributed by atoms with Gasteiger partial charge in [0.15, 0.2) is 5.78 Å². The van der Waals surface area contributed by atoms with Crippen LogP contribution in [0, 0.1) is 0 Å². The molecule has 5 nitrogen and oxygen atoms in total. The van der Waals surface area contributed by atoms with Crippen molar-refractivity contribution in [2.75, 3.05) is 14.2 Å². The average molecular weight is 256 g/mol. The fourth-order valence-corrected chi connectivity index (χ4v) is 2.48. The van der Waals surface area contributed by atoms with Crippen LogP contribution in [0.5, 0.6) is 0 Å². The number of fused-ring (bicyclic) bond motifs is 1. The Balaban J connectivity index is 2.34. The highest BCUT2D eigenvalue weighted by molar-refractivity contribution is 5.92. The Hall–Kier alpha value is -0.750. The zero-order valence-corrected chi connectivity index (χ0v) is 11.5. The molecule has 1 fully saturated rings. The third kappa shape index (κ3) is 1.91. The van der Waals surface area contributed by atoms with Gasteiger partial charge in [0.1, 0.15) is 6.10 Å². The maximum atomic E-state index is 11.6. The topological polar surface area (TPSA) is 54.0 Å². The molecule has 0 spiro atoms. The summed E-state index contributed by atoms with van der Waals surface area (Å²) in [7, 11) is 3.09. The Morgan fingerprint density at radius 1 is 1.22 bits per heavy atom. The van der Waals surface area contributed by atoms with E-state index in [-0.39, 0.29) is 18.0 Å². The SMILES string of the molecule is CO[C@]1(C)O[C@H]2CC(=O)C=C(C)[C@@H]2O[C@@]1(C)OC. The Morgan fingerprint density at radius 3 is 2.33 bits per heavy atom. The Bertz CT molecular complexity index is 391. The molecule has 0 N–H and O–H groups in total. The Labute approximate surface area is 107 Å². The molecular formula is C13H20O5. The first-order valence-corrected chi connectivity index (χ1v) is 6.02. The van der Waals surface area contributed by atoms with E-state index in [0.29, 0.717) is 6.42 Å². The summed E-state index contributed by atoms with van der Waals surface area (Å²) >= 11 is 0. The number of ether oxygens (including phenoxy) is 4. The van der Waals surface area contributed by atoms with Crippen molar-refractivity contribution in [1.29, 1.82) is 0 Å². The van der Waals surface area contributed by atoms with Crippen LogP contribution in [0.3, 0.4) is 0 Å². The van der Waals surface area contributed by atoms with Gasteiger partial charge < -0.3 is 18.9 Å². The van der Waals surface area contributed by atoms with Crippen LogP contribution in [0.25, 0.3) is 0 Å². The standard InChI is InChI=1S/C13H20O5/c1-8-6-9(14)7-10-11(8)18-13(3,16-5)12(2,15-4)17-10/h6,10-11H,7H2,1-5H3/t10-,11-,12+,13+/m0/s1. The summed E-state index contributed by atoms with van der Waals surface area (Å²) in [5, 5.41) is 0. The summed E-state index contributed by atoms with van der Waals surface area (Å²) in [4.78, 5) is 11.6. The summed E-state index contributed by atoms with van der Waals surface area (Å²) in [5.41, 5.74) is 0.859. The molecular weight excluding hydrogens is 236 g/mol. The highest BCUT2D eigenvalue weighted by Crippen LogP contribution is 2.42. The van der Waals surface area contributed by atoms with E-state index in [0.717, 1.165) is 5.57 Å². The van der Waals surface area contributed by atoms with Crippen molar-refractivity contribution in [3.63, 3.8) is 0 Å². The normalized spacial score (nSPS) is 44.5. The largest absolute Gasteiger partial charge is 0.349 e. The number of hydrogen-bond acceptors (Lipinski definition) is 5. The molecule has 2 rings (SSSR count). The van der Waals surface area contributed by atoms with Crippen molar-refractivity contribution < 1.29 is 23.7 Å². The molecule has 0 aromatic heterocycles. The van der Waals surface area contributed by atoms with E-state index in [2.05, 4.69) is 0 Å². The first kappa shape index (κ1) is 13.7. The lowest BCUT2D eigenvalue weighted by Crippen LogP contribution is -2.66. The minimum absolute atomic E-state index is 0.0526. The monoisotopic (exact) mass is 256 g/mol. The molecule has 4 atom stereocenters. The van der Waals surface area contributed by atoms with Gasteiger partial charge in [0.25, 0.3) is 0 Å². The van der Waals surface area contributed by atoms with E-state index in [1.807, 2.05) is 6.92 Å².